The van der Waals surface area contributed by atoms with Gasteiger partial charge in [0.1, 0.15) is 0 Å². The number of halogens is 4. The Morgan fingerprint density at radius 2 is 1.80 bits per heavy atom. The Kier molecular flexibility index (Phi) is 3.68. The van der Waals surface area contributed by atoms with Gasteiger partial charge in [-0.05, 0) is 6.42 Å². The van der Waals surface area contributed by atoms with Crippen LogP contribution >= 0.6 is 0 Å². The predicted octanol–water partition coefficient (Wildman–Crippen LogP) is 3.08. The first-order valence-corrected chi connectivity index (χ1v) is 3.19. The Labute approximate surface area is 57.2 Å². The standard InChI is InChI=1S/C6H10F4/c1-2-3-4-5(7)6(8,9)10/h5H,2-4H2,1H3/t5-/m0/s1. The summed E-state index contributed by atoms with van der Waals surface area (Å²) in [4.78, 5) is 0. The zero-order valence-corrected chi connectivity index (χ0v) is 5.71. The van der Waals surface area contributed by atoms with Gasteiger partial charge in [-0.3, -0.25) is 0 Å². The summed E-state index contributed by atoms with van der Waals surface area (Å²) in [5, 5.41) is 0. The van der Waals surface area contributed by atoms with E-state index in [1.165, 1.54) is 0 Å². The van der Waals surface area contributed by atoms with E-state index in [1.807, 2.05) is 0 Å². The number of hydrogen-bond acceptors (Lipinski definition) is 0. The summed E-state index contributed by atoms with van der Waals surface area (Å²) in [6.07, 6.45) is -6.81. The lowest BCUT2D eigenvalue weighted by Gasteiger charge is -2.10. The molecule has 10 heavy (non-hydrogen) atoms. The van der Waals surface area contributed by atoms with Gasteiger partial charge in [0.15, 0.2) is 6.17 Å². The van der Waals surface area contributed by atoms with Gasteiger partial charge in [0.05, 0.1) is 0 Å². The minimum atomic E-state index is -4.66. The Morgan fingerprint density at radius 1 is 1.30 bits per heavy atom. The van der Waals surface area contributed by atoms with Crippen molar-refractivity contribution in [3.05, 3.63) is 0 Å². The molecule has 0 heterocycles. The second kappa shape index (κ2) is 3.78. The average molecular weight is 158 g/mol. The van der Waals surface area contributed by atoms with Crippen LogP contribution in [0.5, 0.6) is 0 Å². The first-order chi connectivity index (χ1) is 4.48. The highest BCUT2D eigenvalue weighted by molar-refractivity contribution is 4.64. The molecular formula is C6H10F4. The Bertz CT molecular complexity index is 86.2. The van der Waals surface area contributed by atoms with Crippen LogP contribution in [0.25, 0.3) is 0 Å². The summed E-state index contributed by atoms with van der Waals surface area (Å²) in [6.45, 7) is 1.73. The number of hydrogen-bond donors (Lipinski definition) is 0. The lowest BCUT2D eigenvalue weighted by molar-refractivity contribution is -0.182. The first-order valence-electron chi connectivity index (χ1n) is 3.19. The predicted molar refractivity (Wildman–Crippen MR) is 30.5 cm³/mol. The van der Waals surface area contributed by atoms with Crippen LogP contribution < -0.4 is 0 Å². The van der Waals surface area contributed by atoms with E-state index in [0.717, 1.165) is 0 Å². The van der Waals surface area contributed by atoms with Crippen molar-refractivity contribution in [1.29, 1.82) is 0 Å². The molecule has 0 aromatic rings. The van der Waals surface area contributed by atoms with Gasteiger partial charge in [0, 0.05) is 0 Å². The highest BCUT2D eigenvalue weighted by Gasteiger charge is 2.39. The van der Waals surface area contributed by atoms with Crippen LogP contribution in [0.2, 0.25) is 0 Å². The quantitative estimate of drug-likeness (QED) is 0.553. The van der Waals surface area contributed by atoms with Crippen LogP contribution in [0.4, 0.5) is 17.6 Å². The molecule has 0 bridgehead atoms. The van der Waals surface area contributed by atoms with E-state index in [0.29, 0.717) is 12.8 Å². The van der Waals surface area contributed by atoms with E-state index in [-0.39, 0.29) is 0 Å². The fraction of sp³-hybridized carbons (Fsp3) is 1.00. The molecule has 0 aromatic carbocycles. The van der Waals surface area contributed by atoms with Crippen molar-refractivity contribution >= 4 is 0 Å². The van der Waals surface area contributed by atoms with E-state index in [1.54, 1.807) is 6.92 Å². The van der Waals surface area contributed by atoms with E-state index in [9.17, 15) is 17.6 Å². The fourth-order valence-electron chi connectivity index (χ4n) is 0.547. The van der Waals surface area contributed by atoms with Crippen molar-refractivity contribution in [1.82, 2.24) is 0 Å². The molecule has 4 heteroatoms. The largest absolute Gasteiger partial charge is 0.419 e. The summed E-state index contributed by atoms with van der Waals surface area (Å²) < 4.78 is 46.2. The van der Waals surface area contributed by atoms with Crippen LogP contribution in [0.3, 0.4) is 0 Å². The maximum atomic E-state index is 12.0. The van der Waals surface area contributed by atoms with E-state index < -0.39 is 18.8 Å². The maximum Gasteiger partial charge on any atom is 0.419 e. The molecule has 1 atom stereocenters. The summed E-state index contributed by atoms with van der Waals surface area (Å²) >= 11 is 0. The van der Waals surface area contributed by atoms with E-state index in [4.69, 9.17) is 0 Å². The van der Waals surface area contributed by atoms with Gasteiger partial charge < -0.3 is 0 Å². The summed E-state index contributed by atoms with van der Waals surface area (Å²) in [5.74, 6) is 0. The second-order valence-corrected chi connectivity index (χ2v) is 2.15. The molecule has 0 saturated heterocycles. The van der Waals surface area contributed by atoms with Crippen molar-refractivity contribution in [2.45, 2.75) is 38.5 Å². The smallest absolute Gasteiger partial charge is 0.237 e. The second-order valence-electron chi connectivity index (χ2n) is 2.15. The molecule has 0 aliphatic carbocycles. The van der Waals surface area contributed by atoms with Gasteiger partial charge in [0.2, 0.25) is 0 Å². The molecule has 0 aromatic heterocycles. The molecule has 0 rings (SSSR count). The fourth-order valence-corrected chi connectivity index (χ4v) is 0.547. The normalized spacial score (nSPS) is 15.3. The summed E-state index contributed by atoms with van der Waals surface area (Å²) in [6, 6.07) is 0. The molecule has 0 unspecified atom stereocenters. The Hall–Kier alpha value is -0.280. The summed E-state index contributed by atoms with van der Waals surface area (Å²) in [5.41, 5.74) is 0. The van der Waals surface area contributed by atoms with Crippen LogP contribution in [-0.2, 0) is 0 Å². The lowest BCUT2D eigenvalue weighted by atomic mass is 10.2. The molecule has 0 aliphatic rings. The van der Waals surface area contributed by atoms with Gasteiger partial charge in [-0.2, -0.15) is 13.2 Å². The Morgan fingerprint density at radius 3 is 2.10 bits per heavy atom. The highest BCUT2D eigenvalue weighted by atomic mass is 19.4. The van der Waals surface area contributed by atoms with Crippen LogP contribution in [0.1, 0.15) is 26.2 Å². The minimum Gasteiger partial charge on any atom is -0.237 e. The zero-order chi connectivity index (χ0) is 8.20. The number of unbranched alkanes of at least 4 members (excludes halogenated alkanes) is 1. The SMILES string of the molecule is CCCC[C@H](F)C(F)(F)F. The molecule has 0 spiro atoms. The zero-order valence-electron chi connectivity index (χ0n) is 5.71. The van der Waals surface area contributed by atoms with Gasteiger partial charge in [0.25, 0.3) is 0 Å². The molecule has 0 aliphatic heterocycles. The molecule has 0 radical (unpaired) electrons. The van der Waals surface area contributed by atoms with Crippen molar-refractivity contribution in [2.75, 3.05) is 0 Å². The highest BCUT2D eigenvalue weighted by Crippen LogP contribution is 2.26. The maximum absolute atomic E-state index is 12.0. The number of rotatable bonds is 3. The lowest BCUT2D eigenvalue weighted by Crippen LogP contribution is -2.23. The van der Waals surface area contributed by atoms with Gasteiger partial charge in [-0.15, -0.1) is 0 Å². The van der Waals surface area contributed by atoms with Crippen molar-refractivity contribution in [2.24, 2.45) is 0 Å². The van der Waals surface area contributed by atoms with Crippen LogP contribution in [-0.4, -0.2) is 12.3 Å². The van der Waals surface area contributed by atoms with Crippen molar-refractivity contribution in [3.8, 4) is 0 Å². The minimum absolute atomic E-state index is 0.292. The third-order valence-electron chi connectivity index (χ3n) is 1.17. The van der Waals surface area contributed by atoms with Crippen LogP contribution in [0, 0.1) is 0 Å². The molecule has 62 valence electrons. The van der Waals surface area contributed by atoms with Crippen LogP contribution in [0.15, 0.2) is 0 Å². The first kappa shape index (κ1) is 9.72. The third kappa shape index (κ3) is 3.69. The topological polar surface area (TPSA) is 0 Å². The number of alkyl halides is 4. The molecule has 0 nitrogen and oxygen atoms in total. The summed E-state index contributed by atoms with van der Waals surface area (Å²) in [7, 11) is 0. The molecule has 0 N–H and O–H groups in total. The van der Waals surface area contributed by atoms with E-state index >= 15 is 0 Å². The van der Waals surface area contributed by atoms with E-state index in [2.05, 4.69) is 0 Å². The van der Waals surface area contributed by atoms with Crippen molar-refractivity contribution in [3.63, 3.8) is 0 Å². The molecule has 0 amide bonds. The van der Waals surface area contributed by atoms with Gasteiger partial charge in [-0.1, -0.05) is 19.8 Å². The molecule has 0 fully saturated rings. The third-order valence-corrected chi connectivity index (χ3v) is 1.17. The van der Waals surface area contributed by atoms with Crippen molar-refractivity contribution < 1.29 is 17.6 Å². The Balaban J connectivity index is 3.52. The van der Waals surface area contributed by atoms with Gasteiger partial charge >= 0.3 is 6.18 Å². The van der Waals surface area contributed by atoms with Gasteiger partial charge in [-0.25, -0.2) is 4.39 Å². The molecule has 0 saturated carbocycles. The molecular weight excluding hydrogens is 148 g/mol. The monoisotopic (exact) mass is 158 g/mol. The average Bonchev–Trinajstić information content (AvgIpc) is 1.80.